The van der Waals surface area contributed by atoms with Crippen LogP contribution in [0.2, 0.25) is 4.34 Å². The van der Waals surface area contributed by atoms with Gasteiger partial charge >= 0.3 is 0 Å². The van der Waals surface area contributed by atoms with Crippen LogP contribution >= 0.6 is 38.9 Å². The maximum absolute atomic E-state index is 8.75. The van der Waals surface area contributed by atoms with Gasteiger partial charge in [0.1, 0.15) is 9.34 Å². The van der Waals surface area contributed by atoms with Gasteiger partial charge in [0, 0.05) is 10.2 Å². The van der Waals surface area contributed by atoms with Crippen molar-refractivity contribution in [2.24, 2.45) is 0 Å². The number of nitriles is 1. The van der Waals surface area contributed by atoms with E-state index in [2.05, 4.69) is 32.3 Å². The van der Waals surface area contributed by atoms with Crippen LogP contribution in [-0.4, -0.2) is 4.98 Å². The molecule has 17 heavy (non-hydrogen) atoms. The fourth-order valence-corrected chi connectivity index (χ4v) is 2.68. The molecule has 1 aromatic heterocycles. The van der Waals surface area contributed by atoms with Crippen molar-refractivity contribution in [1.29, 1.82) is 5.26 Å². The van der Waals surface area contributed by atoms with Gasteiger partial charge in [-0.3, -0.25) is 0 Å². The summed E-state index contributed by atoms with van der Waals surface area (Å²) in [5, 5.41) is 12.9. The second-order valence-corrected chi connectivity index (χ2v) is 5.82. The summed E-state index contributed by atoms with van der Waals surface area (Å²) in [6.45, 7) is 0.613. The van der Waals surface area contributed by atoms with Crippen LogP contribution in [0.25, 0.3) is 0 Å². The predicted octanol–water partition coefficient (Wildman–Crippen LogP) is 4.04. The van der Waals surface area contributed by atoms with Gasteiger partial charge in [0.25, 0.3) is 0 Å². The maximum atomic E-state index is 8.75. The molecule has 0 saturated carbocycles. The van der Waals surface area contributed by atoms with Crippen molar-refractivity contribution in [3.63, 3.8) is 0 Å². The van der Waals surface area contributed by atoms with Gasteiger partial charge in [-0.2, -0.15) is 5.26 Å². The molecule has 2 aromatic rings. The van der Waals surface area contributed by atoms with Crippen molar-refractivity contribution in [2.45, 2.75) is 6.54 Å². The number of nitrogens with one attached hydrogen (secondary N) is 1. The Bertz CT molecular complexity index is 576. The van der Waals surface area contributed by atoms with Crippen LogP contribution in [0.3, 0.4) is 0 Å². The van der Waals surface area contributed by atoms with Gasteiger partial charge in [-0.1, -0.05) is 11.6 Å². The molecular formula is C11H7BrClN3S. The van der Waals surface area contributed by atoms with E-state index in [1.54, 1.807) is 18.3 Å². The lowest BCUT2D eigenvalue weighted by Gasteiger charge is -2.06. The largest absolute Gasteiger partial charge is 0.378 e. The van der Waals surface area contributed by atoms with E-state index in [0.717, 1.165) is 15.2 Å². The van der Waals surface area contributed by atoms with Gasteiger partial charge in [-0.15, -0.1) is 11.3 Å². The molecule has 86 valence electrons. The Labute approximate surface area is 116 Å². The minimum atomic E-state index is 0.613. The zero-order chi connectivity index (χ0) is 12.3. The molecule has 3 nitrogen and oxygen atoms in total. The fraction of sp³-hybridized carbons (Fsp3) is 0.0909. The Kier molecular flexibility index (Phi) is 4.00. The first-order valence-electron chi connectivity index (χ1n) is 4.73. The Balaban J connectivity index is 2.07. The van der Waals surface area contributed by atoms with Gasteiger partial charge in [0.15, 0.2) is 0 Å². The van der Waals surface area contributed by atoms with E-state index in [-0.39, 0.29) is 0 Å². The zero-order valence-corrected chi connectivity index (χ0v) is 11.7. The second-order valence-electron chi connectivity index (χ2n) is 3.22. The number of aromatic nitrogens is 1. The number of hydrogen-bond donors (Lipinski definition) is 1. The van der Waals surface area contributed by atoms with Gasteiger partial charge in [0.05, 0.1) is 24.4 Å². The van der Waals surface area contributed by atoms with Crippen molar-refractivity contribution < 1.29 is 0 Å². The van der Waals surface area contributed by atoms with Crippen molar-refractivity contribution >= 4 is 44.6 Å². The predicted molar refractivity (Wildman–Crippen MR) is 73.3 cm³/mol. The number of rotatable bonds is 3. The number of nitrogens with zero attached hydrogens (tertiary/aromatic N) is 2. The first-order chi connectivity index (χ1) is 8.19. The highest BCUT2D eigenvalue weighted by Crippen LogP contribution is 2.25. The summed E-state index contributed by atoms with van der Waals surface area (Å²) >= 11 is 10.7. The second kappa shape index (κ2) is 5.50. The third-order valence-corrected chi connectivity index (χ3v) is 3.82. The van der Waals surface area contributed by atoms with Crippen molar-refractivity contribution in [3.05, 3.63) is 43.8 Å². The maximum Gasteiger partial charge on any atom is 0.113 e. The van der Waals surface area contributed by atoms with E-state index < -0.39 is 0 Å². The van der Waals surface area contributed by atoms with Crippen LogP contribution in [0.5, 0.6) is 0 Å². The summed E-state index contributed by atoms with van der Waals surface area (Å²) in [4.78, 5) is 4.15. The van der Waals surface area contributed by atoms with Crippen LogP contribution in [0, 0.1) is 11.3 Å². The summed E-state index contributed by atoms with van der Waals surface area (Å²) in [6, 6.07) is 7.49. The molecular weight excluding hydrogens is 322 g/mol. The molecule has 1 heterocycles. The topological polar surface area (TPSA) is 48.7 Å². The smallest absolute Gasteiger partial charge is 0.113 e. The lowest BCUT2D eigenvalue weighted by atomic mass is 10.2. The number of anilines is 1. The summed E-state index contributed by atoms with van der Waals surface area (Å²) in [5.41, 5.74) is 1.55. The Morgan fingerprint density at radius 2 is 2.35 bits per heavy atom. The van der Waals surface area contributed by atoms with Crippen LogP contribution in [0.1, 0.15) is 10.6 Å². The van der Waals surface area contributed by atoms with Crippen LogP contribution in [-0.2, 0) is 6.54 Å². The molecule has 0 aliphatic heterocycles. The van der Waals surface area contributed by atoms with Gasteiger partial charge < -0.3 is 5.32 Å². The molecule has 0 saturated heterocycles. The molecule has 0 bridgehead atoms. The Morgan fingerprint density at radius 1 is 1.53 bits per heavy atom. The molecule has 0 amide bonds. The van der Waals surface area contributed by atoms with Crippen LogP contribution in [0.15, 0.2) is 28.9 Å². The fourth-order valence-electron chi connectivity index (χ4n) is 1.27. The summed E-state index contributed by atoms with van der Waals surface area (Å²) in [5.74, 6) is 0. The summed E-state index contributed by atoms with van der Waals surface area (Å²) in [6.07, 6.45) is 1.64. The molecule has 0 aliphatic rings. The first-order valence-corrected chi connectivity index (χ1v) is 6.71. The van der Waals surface area contributed by atoms with Gasteiger partial charge in [-0.25, -0.2) is 4.98 Å². The lowest BCUT2D eigenvalue weighted by molar-refractivity contribution is 1.10. The van der Waals surface area contributed by atoms with Crippen LogP contribution in [0.4, 0.5) is 5.69 Å². The van der Waals surface area contributed by atoms with E-state index in [4.69, 9.17) is 16.9 Å². The molecule has 6 heteroatoms. The minimum Gasteiger partial charge on any atom is -0.378 e. The normalized spacial score (nSPS) is 9.94. The quantitative estimate of drug-likeness (QED) is 0.925. The molecule has 1 aromatic carbocycles. The SMILES string of the molecule is N#Cc1ccc(NCc2ncc(Cl)s2)c(Br)c1. The van der Waals surface area contributed by atoms with E-state index in [0.29, 0.717) is 16.4 Å². The number of halogens is 2. The highest BCUT2D eigenvalue weighted by atomic mass is 79.9. The van der Waals surface area contributed by atoms with Crippen molar-refractivity contribution in [2.75, 3.05) is 5.32 Å². The Morgan fingerprint density at radius 3 is 2.94 bits per heavy atom. The first kappa shape index (κ1) is 12.4. The molecule has 0 spiro atoms. The van der Waals surface area contributed by atoms with Crippen molar-refractivity contribution in [1.82, 2.24) is 4.98 Å². The molecule has 0 radical (unpaired) electrons. The molecule has 0 fully saturated rings. The number of thiazole rings is 1. The van der Waals surface area contributed by atoms with Gasteiger partial charge in [-0.05, 0) is 34.1 Å². The molecule has 0 atom stereocenters. The van der Waals surface area contributed by atoms with E-state index in [1.165, 1.54) is 11.3 Å². The zero-order valence-electron chi connectivity index (χ0n) is 8.58. The molecule has 2 rings (SSSR count). The Hall–Kier alpha value is -1.09. The minimum absolute atomic E-state index is 0.613. The lowest BCUT2D eigenvalue weighted by Crippen LogP contribution is -1.99. The average Bonchev–Trinajstić information content (AvgIpc) is 2.73. The number of hydrogen-bond acceptors (Lipinski definition) is 4. The molecule has 0 unspecified atom stereocenters. The monoisotopic (exact) mass is 327 g/mol. The van der Waals surface area contributed by atoms with Crippen molar-refractivity contribution in [3.8, 4) is 6.07 Å². The third kappa shape index (κ3) is 3.19. The average molecular weight is 329 g/mol. The van der Waals surface area contributed by atoms with E-state index in [1.807, 2.05) is 6.07 Å². The van der Waals surface area contributed by atoms with Gasteiger partial charge in [0.2, 0.25) is 0 Å². The summed E-state index contributed by atoms with van der Waals surface area (Å²) in [7, 11) is 0. The van der Waals surface area contributed by atoms with E-state index >= 15 is 0 Å². The summed E-state index contributed by atoms with van der Waals surface area (Å²) < 4.78 is 1.54. The third-order valence-electron chi connectivity index (χ3n) is 2.05. The molecule has 1 N–H and O–H groups in total. The highest BCUT2D eigenvalue weighted by molar-refractivity contribution is 9.10. The highest BCUT2D eigenvalue weighted by Gasteiger charge is 2.03. The van der Waals surface area contributed by atoms with E-state index in [9.17, 15) is 0 Å². The number of benzene rings is 1. The van der Waals surface area contributed by atoms with Crippen LogP contribution < -0.4 is 5.32 Å². The standard InChI is InChI=1S/C11H7BrClN3S/c12-8-3-7(4-14)1-2-9(8)15-6-11-16-5-10(13)17-11/h1-3,5,15H,6H2. The molecule has 0 aliphatic carbocycles.